The third kappa shape index (κ3) is 6.84. The molecular weight excluding hydrogens is 508 g/mol. The number of benzene rings is 1. The van der Waals surface area contributed by atoms with E-state index in [1.54, 1.807) is 30.3 Å². The molecule has 0 amide bonds. The molecule has 2 heterocycles. The van der Waals surface area contributed by atoms with Gasteiger partial charge in [0.2, 0.25) is 0 Å². The van der Waals surface area contributed by atoms with Gasteiger partial charge in [-0.3, -0.25) is 22.7 Å². The summed E-state index contributed by atoms with van der Waals surface area (Å²) in [7, 11) is -8.07. The first kappa shape index (κ1) is 27.2. The first-order valence-corrected chi connectivity index (χ1v) is 13.9. The third-order valence-corrected chi connectivity index (χ3v) is 6.42. The number of aromatic nitrogens is 2. The second-order valence-electron chi connectivity index (χ2n) is 8.17. The van der Waals surface area contributed by atoms with E-state index in [9.17, 15) is 31.5 Å². The summed E-state index contributed by atoms with van der Waals surface area (Å²) in [6.45, 7) is -2.32. The minimum atomic E-state index is -4.04. The molecule has 35 heavy (non-hydrogen) atoms. The molecule has 15 heteroatoms. The summed E-state index contributed by atoms with van der Waals surface area (Å²) in [5.74, 6) is 0. The van der Waals surface area contributed by atoms with Gasteiger partial charge in [-0.2, -0.15) is 16.8 Å². The van der Waals surface area contributed by atoms with Gasteiger partial charge in [0.15, 0.2) is 5.72 Å². The van der Waals surface area contributed by atoms with Crippen molar-refractivity contribution in [3.8, 4) is 0 Å². The van der Waals surface area contributed by atoms with Gasteiger partial charge < -0.3 is 14.6 Å². The molecule has 1 saturated heterocycles. The van der Waals surface area contributed by atoms with Crippen LogP contribution < -0.4 is 11.2 Å². The van der Waals surface area contributed by atoms with Gasteiger partial charge in [0.25, 0.3) is 25.8 Å². The van der Waals surface area contributed by atoms with Crippen LogP contribution in [-0.4, -0.2) is 75.5 Å². The van der Waals surface area contributed by atoms with E-state index in [0.29, 0.717) is 0 Å². The Morgan fingerprint density at radius 3 is 2.17 bits per heavy atom. The van der Waals surface area contributed by atoms with E-state index in [1.165, 1.54) is 0 Å². The molecule has 2 atom stereocenters. The molecule has 0 unspecified atom stereocenters. The van der Waals surface area contributed by atoms with Crippen molar-refractivity contribution >= 4 is 20.2 Å². The van der Waals surface area contributed by atoms with E-state index in [2.05, 4.69) is 4.98 Å². The van der Waals surface area contributed by atoms with E-state index in [0.717, 1.165) is 34.9 Å². The number of aliphatic hydroxyl groups is 1. The lowest BCUT2D eigenvalue weighted by atomic mass is 9.96. The van der Waals surface area contributed by atoms with Gasteiger partial charge in [0.05, 0.1) is 31.8 Å². The average Bonchev–Trinajstić information content (AvgIpc) is 3.10. The number of hydrogen-bond acceptors (Lipinski definition) is 11. The number of hydrogen-bond donors (Lipinski definition) is 2. The summed E-state index contributed by atoms with van der Waals surface area (Å²) in [6, 6.07) is 9.91. The average molecular weight is 535 g/mol. The Labute approximate surface area is 201 Å². The van der Waals surface area contributed by atoms with Crippen molar-refractivity contribution in [1.82, 2.24) is 9.55 Å². The maximum Gasteiger partial charge on any atom is 0.330 e. The van der Waals surface area contributed by atoms with E-state index >= 15 is 0 Å². The van der Waals surface area contributed by atoms with Gasteiger partial charge in [-0.15, -0.1) is 0 Å². The molecule has 194 valence electrons. The number of H-pyrrole nitrogens is 1. The van der Waals surface area contributed by atoms with Crippen LogP contribution in [0.15, 0.2) is 52.2 Å². The largest absolute Gasteiger partial charge is 0.391 e. The molecule has 0 saturated carbocycles. The maximum atomic E-state index is 12.5. The standard InChI is InChI=1S/C20H26N2O11S2/c1-34(26,27)31-13-19(14-32-35(2,28)29)16(30-11-15-6-4-3-5-7-15)10-20(12-23,33-19)22-9-8-17(24)21-18(22)25/h3-9,16,23H,10-14H2,1-2H3,(H,21,24,25)/t16-,20-/m0/s1. The highest BCUT2D eigenvalue weighted by Gasteiger charge is 2.59. The lowest BCUT2D eigenvalue weighted by Gasteiger charge is -2.35. The fourth-order valence-electron chi connectivity index (χ4n) is 3.70. The molecule has 3 rings (SSSR count). The van der Waals surface area contributed by atoms with Crippen molar-refractivity contribution in [2.24, 2.45) is 0 Å². The molecular formula is C20H26N2O11S2. The van der Waals surface area contributed by atoms with Gasteiger partial charge in [-0.1, -0.05) is 30.3 Å². The van der Waals surface area contributed by atoms with Crippen molar-refractivity contribution in [3.63, 3.8) is 0 Å². The van der Waals surface area contributed by atoms with Crippen molar-refractivity contribution in [1.29, 1.82) is 0 Å². The van der Waals surface area contributed by atoms with E-state index in [4.69, 9.17) is 17.8 Å². The lowest BCUT2D eigenvalue weighted by Crippen LogP contribution is -2.52. The van der Waals surface area contributed by atoms with Gasteiger partial charge in [0.1, 0.15) is 18.8 Å². The molecule has 0 spiro atoms. The third-order valence-electron chi connectivity index (χ3n) is 5.32. The number of nitrogens with one attached hydrogen (secondary N) is 1. The first-order valence-electron chi connectivity index (χ1n) is 10.3. The number of aliphatic hydroxyl groups excluding tert-OH is 1. The molecule has 2 aromatic rings. The smallest absolute Gasteiger partial charge is 0.330 e. The normalized spacial score (nSPS) is 22.3. The van der Waals surface area contributed by atoms with Crippen LogP contribution >= 0.6 is 0 Å². The van der Waals surface area contributed by atoms with Crippen LogP contribution in [-0.2, 0) is 50.4 Å². The lowest BCUT2D eigenvalue weighted by molar-refractivity contribution is -0.205. The molecule has 2 N–H and O–H groups in total. The molecule has 13 nitrogen and oxygen atoms in total. The van der Waals surface area contributed by atoms with E-state index in [1.807, 2.05) is 0 Å². The molecule has 1 aromatic heterocycles. The Morgan fingerprint density at radius 1 is 1.06 bits per heavy atom. The Kier molecular flexibility index (Phi) is 8.00. The highest BCUT2D eigenvalue weighted by molar-refractivity contribution is 7.86. The second-order valence-corrected chi connectivity index (χ2v) is 11.5. The highest BCUT2D eigenvalue weighted by atomic mass is 32.2. The Hall–Kier alpha value is -2.40. The van der Waals surface area contributed by atoms with Crippen molar-refractivity contribution in [2.45, 2.75) is 30.5 Å². The monoisotopic (exact) mass is 534 g/mol. The van der Waals surface area contributed by atoms with Gasteiger partial charge >= 0.3 is 5.69 Å². The Balaban J connectivity index is 2.08. The molecule has 1 fully saturated rings. The van der Waals surface area contributed by atoms with Crippen LogP contribution in [0.3, 0.4) is 0 Å². The van der Waals surface area contributed by atoms with Crippen LogP contribution in [0, 0.1) is 0 Å². The summed E-state index contributed by atoms with van der Waals surface area (Å²) in [5.41, 5.74) is -4.65. The molecule has 0 aliphatic carbocycles. The Bertz CT molecular complexity index is 1320. The summed E-state index contributed by atoms with van der Waals surface area (Å²) in [6.07, 6.45) is 1.30. The van der Waals surface area contributed by atoms with Gasteiger partial charge in [-0.25, -0.2) is 4.79 Å². The summed E-state index contributed by atoms with van der Waals surface area (Å²) in [5, 5.41) is 10.3. The van der Waals surface area contributed by atoms with Crippen LogP contribution in [0.2, 0.25) is 0 Å². The predicted molar refractivity (Wildman–Crippen MR) is 121 cm³/mol. The Morgan fingerprint density at radius 2 is 1.66 bits per heavy atom. The zero-order valence-electron chi connectivity index (χ0n) is 18.9. The van der Waals surface area contributed by atoms with Gasteiger partial charge in [-0.05, 0) is 5.56 Å². The van der Waals surface area contributed by atoms with E-state index < -0.39 is 68.7 Å². The molecule has 1 aromatic carbocycles. The second kappa shape index (κ2) is 10.3. The van der Waals surface area contributed by atoms with Crippen LogP contribution in [0.4, 0.5) is 0 Å². The molecule has 0 bridgehead atoms. The SMILES string of the molecule is CS(=O)(=O)OCC1(COS(C)(=O)=O)O[C@@](CO)(n2ccc(=O)[nH]c2=O)C[C@@H]1OCc1ccccc1. The fraction of sp³-hybridized carbons (Fsp3) is 0.500. The quantitative estimate of drug-likeness (QED) is 0.333. The summed E-state index contributed by atoms with van der Waals surface area (Å²) < 4.78 is 70.0. The topological polar surface area (TPSA) is 180 Å². The van der Waals surface area contributed by atoms with Crippen LogP contribution in [0.5, 0.6) is 0 Å². The minimum absolute atomic E-state index is 0.00357. The van der Waals surface area contributed by atoms with Crippen molar-refractivity contribution in [3.05, 3.63) is 69.0 Å². The molecule has 1 aliphatic rings. The van der Waals surface area contributed by atoms with Gasteiger partial charge in [0, 0.05) is 18.7 Å². The van der Waals surface area contributed by atoms with Crippen molar-refractivity contribution in [2.75, 3.05) is 32.3 Å². The maximum absolute atomic E-state index is 12.5. The number of aromatic amines is 1. The van der Waals surface area contributed by atoms with Crippen LogP contribution in [0.1, 0.15) is 12.0 Å². The zero-order valence-corrected chi connectivity index (χ0v) is 20.6. The zero-order chi connectivity index (χ0) is 25.9. The predicted octanol–water partition coefficient (Wildman–Crippen LogP) is -1.12. The highest BCUT2D eigenvalue weighted by Crippen LogP contribution is 2.43. The number of ether oxygens (including phenoxy) is 2. The first-order chi connectivity index (χ1) is 16.3. The number of nitrogens with zero attached hydrogens (tertiary/aromatic N) is 1. The summed E-state index contributed by atoms with van der Waals surface area (Å²) in [4.78, 5) is 26.2. The van der Waals surface area contributed by atoms with Crippen LogP contribution in [0.25, 0.3) is 0 Å². The molecule has 1 aliphatic heterocycles. The fourth-order valence-corrected chi connectivity index (χ4v) is 4.53. The number of rotatable bonds is 11. The summed E-state index contributed by atoms with van der Waals surface area (Å²) >= 11 is 0. The van der Waals surface area contributed by atoms with Crippen molar-refractivity contribution < 1.29 is 39.8 Å². The molecule has 0 radical (unpaired) electrons. The minimum Gasteiger partial charge on any atom is -0.391 e. The van der Waals surface area contributed by atoms with E-state index in [-0.39, 0.29) is 13.0 Å².